The van der Waals surface area contributed by atoms with Crippen LogP contribution < -0.4 is 0 Å². The Bertz CT molecular complexity index is 643. The number of aromatic amines is 1. The topological polar surface area (TPSA) is 41.0 Å². The van der Waals surface area contributed by atoms with Crippen molar-refractivity contribution in [2.45, 2.75) is 51.2 Å². The van der Waals surface area contributed by atoms with E-state index < -0.39 is 0 Å². The number of nitrogens with zero attached hydrogens (tertiary/aromatic N) is 1. The van der Waals surface area contributed by atoms with E-state index in [0.717, 1.165) is 35.1 Å². The fraction of sp³-hybridized carbons (Fsp3) is 0.533. The van der Waals surface area contributed by atoms with Crippen molar-refractivity contribution in [1.82, 2.24) is 9.55 Å². The molecule has 19 heavy (non-hydrogen) atoms. The number of benzene rings is 1. The summed E-state index contributed by atoms with van der Waals surface area (Å²) in [6.45, 7) is 2.08. The highest BCUT2D eigenvalue weighted by molar-refractivity contribution is 7.71. The molecule has 0 aliphatic heterocycles. The third kappa shape index (κ3) is 2.35. The lowest BCUT2D eigenvalue weighted by atomic mass is 10.1. The number of nitrogens with one attached hydrogen (secondary N) is 1. The quantitative estimate of drug-likeness (QED) is 0.613. The molecule has 2 N–H and O–H groups in total. The van der Waals surface area contributed by atoms with Crippen LogP contribution in [0, 0.1) is 11.7 Å². The minimum Gasteiger partial charge on any atom is -0.391 e. The van der Waals surface area contributed by atoms with Crippen molar-refractivity contribution in [2.24, 2.45) is 0 Å². The minimum absolute atomic E-state index is 0.117. The summed E-state index contributed by atoms with van der Waals surface area (Å²) in [7, 11) is 0. The fourth-order valence-corrected chi connectivity index (χ4v) is 3.49. The Balaban J connectivity index is 2.13. The van der Waals surface area contributed by atoms with E-state index in [1.165, 1.54) is 18.4 Å². The van der Waals surface area contributed by atoms with Crippen LogP contribution in [-0.4, -0.2) is 20.8 Å². The van der Waals surface area contributed by atoms with Crippen LogP contribution in [0.5, 0.6) is 0 Å². The van der Waals surface area contributed by atoms with E-state index in [4.69, 9.17) is 12.2 Å². The molecule has 0 amide bonds. The summed E-state index contributed by atoms with van der Waals surface area (Å²) in [5, 5.41) is 10.4. The van der Waals surface area contributed by atoms with Gasteiger partial charge in [0.15, 0.2) is 4.77 Å². The number of aryl methyl sites for hydroxylation is 1. The van der Waals surface area contributed by atoms with Crippen molar-refractivity contribution < 1.29 is 5.11 Å². The second-order valence-electron chi connectivity index (χ2n) is 5.59. The summed E-state index contributed by atoms with van der Waals surface area (Å²) in [6.07, 6.45) is 5.10. The molecule has 1 fully saturated rings. The molecule has 2 unspecified atom stereocenters. The molecule has 0 bridgehead atoms. The second-order valence-corrected chi connectivity index (χ2v) is 5.98. The van der Waals surface area contributed by atoms with Crippen LogP contribution in [0.1, 0.15) is 43.7 Å². The number of hydrogen-bond acceptors (Lipinski definition) is 2. The van der Waals surface area contributed by atoms with Crippen molar-refractivity contribution in [3.8, 4) is 0 Å². The number of aliphatic hydroxyl groups excluding tert-OH is 1. The lowest BCUT2D eigenvalue weighted by molar-refractivity contribution is 0.107. The number of rotatable bonds is 1. The number of fused-ring (bicyclic) bond motifs is 1. The van der Waals surface area contributed by atoms with Gasteiger partial charge in [-0.2, -0.15) is 0 Å². The number of imidazole rings is 1. The Kier molecular flexibility index (Phi) is 3.46. The molecule has 1 aliphatic carbocycles. The van der Waals surface area contributed by atoms with Crippen molar-refractivity contribution in [3.63, 3.8) is 0 Å². The van der Waals surface area contributed by atoms with E-state index >= 15 is 0 Å². The van der Waals surface area contributed by atoms with Gasteiger partial charge in [0.1, 0.15) is 0 Å². The molecule has 4 heteroatoms. The fourth-order valence-electron chi connectivity index (χ4n) is 3.14. The van der Waals surface area contributed by atoms with E-state index in [9.17, 15) is 5.11 Å². The van der Waals surface area contributed by atoms with Crippen LogP contribution in [0.4, 0.5) is 0 Å². The maximum atomic E-state index is 10.4. The Hall–Kier alpha value is -1.13. The second kappa shape index (κ2) is 5.10. The standard InChI is InChI=1S/C15H20N2OS/c1-10-7-8-12-11(9-10)16-15(19)17(12)13-5-3-2-4-6-14(13)18/h7-9,13-14,18H,2-6H2,1H3,(H,16,19). The lowest BCUT2D eigenvalue weighted by Gasteiger charge is -2.22. The van der Waals surface area contributed by atoms with Gasteiger partial charge in [-0.3, -0.25) is 0 Å². The maximum Gasteiger partial charge on any atom is 0.178 e. The molecule has 1 saturated carbocycles. The van der Waals surface area contributed by atoms with E-state index in [1.54, 1.807) is 0 Å². The number of H-pyrrole nitrogens is 1. The van der Waals surface area contributed by atoms with Gasteiger partial charge >= 0.3 is 0 Å². The predicted octanol–water partition coefficient (Wildman–Crippen LogP) is 3.87. The summed E-state index contributed by atoms with van der Waals surface area (Å²) in [5.41, 5.74) is 3.40. The summed E-state index contributed by atoms with van der Waals surface area (Å²) >= 11 is 5.47. The van der Waals surface area contributed by atoms with Crippen molar-refractivity contribution in [1.29, 1.82) is 0 Å². The number of aliphatic hydroxyl groups is 1. The molecule has 1 aromatic heterocycles. The molecule has 1 aliphatic rings. The molecule has 1 aromatic carbocycles. The van der Waals surface area contributed by atoms with Gasteiger partial charge in [0.05, 0.1) is 23.2 Å². The van der Waals surface area contributed by atoms with Crippen LogP contribution in [0.15, 0.2) is 18.2 Å². The van der Waals surface area contributed by atoms with Crippen molar-refractivity contribution in [3.05, 3.63) is 28.5 Å². The maximum absolute atomic E-state index is 10.4. The van der Waals surface area contributed by atoms with Crippen LogP contribution >= 0.6 is 12.2 Å². The molecule has 0 radical (unpaired) electrons. The van der Waals surface area contributed by atoms with E-state index in [2.05, 4.69) is 34.7 Å². The van der Waals surface area contributed by atoms with Crippen molar-refractivity contribution in [2.75, 3.05) is 0 Å². The zero-order chi connectivity index (χ0) is 13.4. The van der Waals surface area contributed by atoms with Gasteiger partial charge in [0.2, 0.25) is 0 Å². The van der Waals surface area contributed by atoms with Crippen molar-refractivity contribution >= 4 is 23.3 Å². The molecule has 3 rings (SSSR count). The monoisotopic (exact) mass is 276 g/mol. The summed E-state index contributed by atoms with van der Waals surface area (Å²) in [4.78, 5) is 3.27. The molecule has 1 heterocycles. The van der Waals surface area contributed by atoms with E-state index in [-0.39, 0.29) is 12.1 Å². The highest BCUT2D eigenvalue weighted by Gasteiger charge is 2.25. The summed E-state index contributed by atoms with van der Waals surface area (Å²) < 4.78 is 2.85. The van der Waals surface area contributed by atoms with E-state index in [0.29, 0.717) is 0 Å². The lowest BCUT2D eigenvalue weighted by Crippen LogP contribution is -2.23. The highest BCUT2D eigenvalue weighted by atomic mass is 32.1. The first kappa shape index (κ1) is 12.9. The molecule has 102 valence electrons. The average Bonchev–Trinajstić information content (AvgIpc) is 2.54. The number of hydrogen-bond donors (Lipinski definition) is 2. The first-order valence-corrected chi connectivity index (χ1v) is 7.46. The normalized spacial score (nSPS) is 24.5. The summed E-state index contributed by atoms with van der Waals surface area (Å²) in [5.74, 6) is 0. The Morgan fingerprint density at radius 3 is 2.89 bits per heavy atom. The van der Waals surface area contributed by atoms with Gasteiger partial charge in [0, 0.05) is 0 Å². The Morgan fingerprint density at radius 1 is 1.26 bits per heavy atom. The SMILES string of the molecule is Cc1ccc2c(c1)[nH]c(=S)n2C1CCCCCC1O. The molecular formula is C15H20N2OS. The Morgan fingerprint density at radius 2 is 2.05 bits per heavy atom. The number of aromatic nitrogens is 2. The van der Waals surface area contributed by atoms with Crippen LogP contribution in [0.3, 0.4) is 0 Å². The molecule has 2 atom stereocenters. The van der Waals surface area contributed by atoms with Crippen LogP contribution in [0.25, 0.3) is 11.0 Å². The third-order valence-corrected chi connectivity index (χ3v) is 4.45. The molecular weight excluding hydrogens is 256 g/mol. The van der Waals surface area contributed by atoms with Gasteiger partial charge < -0.3 is 14.7 Å². The van der Waals surface area contributed by atoms with Gasteiger partial charge in [-0.05, 0) is 49.7 Å². The summed E-state index contributed by atoms with van der Waals surface area (Å²) in [6, 6.07) is 6.44. The first-order chi connectivity index (χ1) is 9.16. The predicted molar refractivity (Wildman–Crippen MR) is 80.0 cm³/mol. The largest absolute Gasteiger partial charge is 0.391 e. The van der Waals surface area contributed by atoms with Gasteiger partial charge in [0.25, 0.3) is 0 Å². The third-order valence-electron chi connectivity index (χ3n) is 4.15. The van der Waals surface area contributed by atoms with Crippen LogP contribution in [-0.2, 0) is 0 Å². The van der Waals surface area contributed by atoms with E-state index in [1.807, 2.05) is 0 Å². The zero-order valence-corrected chi connectivity index (χ0v) is 12.0. The molecule has 2 aromatic rings. The van der Waals surface area contributed by atoms with Gasteiger partial charge in [-0.15, -0.1) is 0 Å². The molecule has 0 saturated heterocycles. The van der Waals surface area contributed by atoms with Gasteiger partial charge in [-0.25, -0.2) is 0 Å². The Labute approximate surface area is 118 Å². The van der Waals surface area contributed by atoms with Crippen LogP contribution in [0.2, 0.25) is 0 Å². The smallest absolute Gasteiger partial charge is 0.178 e. The highest BCUT2D eigenvalue weighted by Crippen LogP contribution is 2.31. The molecule has 0 spiro atoms. The average molecular weight is 276 g/mol. The first-order valence-electron chi connectivity index (χ1n) is 7.06. The zero-order valence-electron chi connectivity index (χ0n) is 11.2. The minimum atomic E-state index is -0.283. The molecule has 3 nitrogen and oxygen atoms in total. The van der Waals surface area contributed by atoms with Gasteiger partial charge in [-0.1, -0.05) is 25.3 Å².